The average Bonchev–Trinajstić information content (AvgIpc) is 3.24. The van der Waals surface area contributed by atoms with Gasteiger partial charge in [-0.2, -0.15) is 9.59 Å². The highest BCUT2D eigenvalue weighted by molar-refractivity contribution is 7.05. The molecule has 1 N–H and O–H groups in total. The normalized spacial score (nSPS) is 11.1. The first-order chi connectivity index (χ1) is 11.2. The molecule has 7 nitrogen and oxygen atoms in total. The summed E-state index contributed by atoms with van der Waals surface area (Å²) >= 11 is 1.47. The van der Waals surface area contributed by atoms with Gasteiger partial charge < -0.3 is 4.90 Å². The van der Waals surface area contributed by atoms with E-state index in [1.54, 1.807) is 0 Å². The first kappa shape index (κ1) is 15.5. The molecule has 0 atom stereocenters. The van der Waals surface area contributed by atoms with Gasteiger partial charge in [0.25, 0.3) is 0 Å². The maximum Gasteiger partial charge on any atom is 0.176 e. The van der Waals surface area contributed by atoms with E-state index in [-0.39, 0.29) is 0 Å². The van der Waals surface area contributed by atoms with Crippen molar-refractivity contribution in [2.75, 3.05) is 11.4 Å². The molecule has 0 unspecified atom stereocenters. The van der Waals surface area contributed by atoms with Crippen molar-refractivity contribution in [3.8, 4) is 0 Å². The van der Waals surface area contributed by atoms with Crippen molar-refractivity contribution in [2.45, 2.75) is 32.7 Å². The number of H-pyrrole nitrogens is 1. The van der Waals surface area contributed by atoms with Gasteiger partial charge in [0.15, 0.2) is 5.82 Å². The first-order valence-corrected chi connectivity index (χ1v) is 8.34. The highest BCUT2D eigenvalue weighted by atomic mass is 32.1. The van der Waals surface area contributed by atoms with Gasteiger partial charge in [0.1, 0.15) is 10.8 Å². The zero-order chi connectivity index (χ0) is 16.1. The maximum absolute atomic E-state index is 4.64. The molecule has 0 aliphatic rings. The number of benzene rings is 1. The Morgan fingerprint density at radius 1 is 1.22 bits per heavy atom. The molecule has 2 aromatic heterocycles. The van der Waals surface area contributed by atoms with Crippen molar-refractivity contribution in [3.05, 3.63) is 47.0 Å². The molecular formula is C15H19N7S. The van der Waals surface area contributed by atoms with Crippen LogP contribution in [0.3, 0.4) is 0 Å². The minimum absolute atomic E-state index is 0.351. The van der Waals surface area contributed by atoms with Crippen LogP contribution in [0, 0.1) is 0 Å². The van der Waals surface area contributed by atoms with E-state index in [0.717, 1.165) is 36.0 Å². The first-order valence-electron chi connectivity index (χ1n) is 7.57. The van der Waals surface area contributed by atoms with Crippen LogP contribution in [0.5, 0.6) is 0 Å². The zero-order valence-corrected chi connectivity index (χ0v) is 14.0. The number of tetrazole rings is 1. The third kappa shape index (κ3) is 4.10. The summed E-state index contributed by atoms with van der Waals surface area (Å²) in [5.74, 6) is 1.98. The maximum atomic E-state index is 4.64. The molecule has 0 saturated heterocycles. The van der Waals surface area contributed by atoms with Gasteiger partial charge >= 0.3 is 0 Å². The number of anilines is 1. The van der Waals surface area contributed by atoms with E-state index < -0.39 is 0 Å². The molecule has 0 radical (unpaired) electrons. The molecule has 0 bridgehead atoms. The van der Waals surface area contributed by atoms with Gasteiger partial charge in [-0.15, -0.1) is 10.2 Å². The van der Waals surface area contributed by atoms with Crippen LogP contribution < -0.4 is 4.90 Å². The summed E-state index contributed by atoms with van der Waals surface area (Å²) in [4.78, 5) is 6.90. The quantitative estimate of drug-likeness (QED) is 0.717. The predicted molar refractivity (Wildman–Crippen MR) is 89.4 cm³/mol. The van der Waals surface area contributed by atoms with Gasteiger partial charge in [0.05, 0.1) is 6.54 Å². The van der Waals surface area contributed by atoms with Gasteiger partial charge in [-0.3, -0.25) is 0 Å². The van der Waals surface area contributed by atoms with E-state index in [0.29, 0.717) is 11.7 Å². The molecule has 0 aliphatic heterocycles. The van der Waals surface area contributed by atoms with Crippen LogP contribution >= 0.6 is 11.5 Å². The minimum Gasteiger partial charge on any atom is -0.364 e. The lowest BCUT2D eigenvalue weighted by atomic mass is 10.2. The van der Waals surface area contributed by atoms with Gasteiger partial charge in [-0.1, -0.05) is 37.3 Å². The van der Waals surface area contributed by atoms with Crippen LogP contribution in [0.2, 0.25) is 0 Å². The number of hydrogen-bond donors (Lipinski definition) is 1. The molecule has 0 saturated carbocycles. The van der Waals surface area contributed by atoms with E-state index >= 15 is 0 Å². The van der Waals surface area contributed by atoms with Crippen LogP contribution in [0.4, 0.5) is 5.69 Å². The fourth-order valence-corrected chi connectivity index (χ4v) is 2.99. The predicted octanol–water partition coefficient (Wildman–Crippen LogP) is 2.42. The second kappa shape index (κ2) is 7.28. The second-order valence-corrected chi connectivity index (χ2v) is 6.37. The SMILES string of the molecule is CC(C)c1nsc(CN(CCc2nn[nH]n2)c2ccccc2)n1. The lowest BCUT2D eigenvalue weighted by molar-refractivity contribution is 0.740. The summed E-state index contributed by atoms with van der Waals surface area (Å²) in [7, 11) is 0. The zero-order valence-electron chi connectivity index (χ0n) is 13.2. The Hall–Kier alpha value is -2.35. The Labute approximate surface area is 138 Å². The Balaban J connectivity index is 1.74. The number of nitrogens with zero attached hydrogens (tertiary/aromatic N) is 6. The summed E-state index contributed by atoms with van der Waals surface area (Å²) in [6, 6.07) is 10.3. The smallest absolute Gasteiger partial charge is 0.176 e. The number of rotatable bonds is 7. The third-order valence-electron chi connectivity index (χ3n) is 3.44. The fraction of sp³-hybridized carbons (Fsp3) is 0.400. The Kier molecular flexibility index (Phi) is 4.92. The highest BCUT2D eigenvalue weighted by Gasteiger charge is 2.13. The summed E-state index contributed by atoms with van der Waals surface area (Å²) in [5.41, 5.74) is 1.15. The topological polar surface area (TPSA) is 83.5 Å². The molecule has 3 rings (SSSR count). The van der Waals surface area contributed by atoms with Gasteiger partial charge in [-0.25, -0.2) is 4.98 Å². The number of para-hydroxylation sites is 1. The van der Waals surface area contributed by atoms with Crippen molar-refractivity contribution in [1.82, 2.24) is 30.0 Å². The summed E-state index contributed by atoms with van der Waals surface area (Å²) in [6.07, 6.45) is 0.723. The molecule has 120 valence electrons. The van der Waals surface area contributed by atoms with E-state index in [9.17, 15) is 0 Å². The van der Waals surface area contributed by atoms with E-state index in [2.05, 4.69) is 60.9 Å². The molecule has 0 fully saturated rings. The van der Waals surface area contributed by atoms with Gasteiger partial charge in [0, 0.05) is 24.6 Å². The van der Waals surface area contributed by atoms with Gasteiger partial charge in [0.2, 0.25) is 0 Å². The van der Waals surface area contributed by atoms with Crippen LogP contribution in [0.15, 0.2) is 30.3 Å². The molecule has 8 heteroatoms. The second-order valence-electron chi connectivity index (χ2n) is 5.54. The number of aromatic amines is 1. The van der Waals surface area contributed by atoms with Gasteiger partial charge in [-0.05, 0) is 23.7 Å². The highest BCUT2D eigenvalue weighted by Crippen LogP contribution is 2.20. The fourth-order valence-electron chi connectivity index (χ4n) is 2.19. The molecule has 0 spiro atoms. The Bertz CT molecular complexity index is 709. The molecule has 0 aliphatic carbocycles. The Morgan fingerprint density at radius 2 is 2.04 bits per heavy atom. The largest absolute Gasteiger partial charge is 0.364 e. The summed E-state index contributed by atoms with van der Waals surface area (Å²) in [5, 5.41) is 15.1. The molecular weight excluding hydrogens is 310 g/mol. The van der Waals surface area contributed by atoms with Crippen LogP contribution in [-0.2, 0) is 13.0 Å². The van der Waals surface area contributed by atoms with Crippen molar-refractivity contribution in [2.24, 2.45) is 0 Å². The van der Waals surface area contributed by atoms with Crippen LogP contribution in [0.25, 0.3) is 0 Å². The van der Waals surface area contributed by atoms with E-state index in [4.69, 9.17) is 0 Å². The minimum atomic E-state index is 0.351. The standard InChI is InChI=1S/C15H19N7S/c1-11(2)15-16-14(23-19-15)10-22(12-6-4-3-5-7-12)9-8-13-17-20-21-18-13/h3-7,11H,8-10H2,1-2H3,(H,17,18,20,21). The van der Waals surface area contributed by atoms with E-state index in [1.807, 2.05) is 18.2 Å². The molecule has 2 heterocycles. The molecule has 3 aromatic rings. The van der Waals surface area contributed by atoms with E-state index in [1.165, 1.54) is 11.5 Å². The third-order valence-corrected chi connectivity index (χ3v) is 4.15. The summed E-state index contributed by atoms with van der Waals surface area (Å²) < 4.78 is 4.44. The Morgan fingerprint density at radius 3 is 2.70 bits per heavy atom. The summed E-state index contributed by atoms with van der Waals surface area (Å²) in [6.45, 7) is 5.74. The van der Waals surface area contributed by atoms with Crippen LogP contribution in [-0.4, -0.2) is 36.5 Å². The number of hydrogen-bond acceptors (Lipinski definition) is 7. The lowest BCUT2D eigenvalue weighted by Crippen LogP contribution is -2.25. The van der Waals surface area contributed by atoms with Crippen molar-refractivity contribution < 1.29 is 0 Å². The average molecular weight is 329 g/mol. The van der Waals surface area contributed by atoms with Crippen molar-refractivity contribution in [3.63, 3.8) is 0 Å². The van der Waals surface area contributed by atoms with Crippen molar-refractivity contribution in [1.29, 1.82) is 0 Å². The van der Waals surface area contributed by atoms with Crippen molar-refractivity contribution >= 4 is 17.2 Å². The number of nitrogens with one attached hydrogen (secondary N) is 1. The van der Waals surface area contributed by atoms with Crippen LogP contribution in [0.1, 0.15) is 36.4 Å². The molecule has 1 aromatic carbocycles. The monoisotopic (exact) mass is 329 g/mol. The molecule has 23 heavy (non-hydrogen) atoms. The number of aromatic nitrogens is 6. The molecule has 0 amide bonds. The lowest BCUT2D eigenvalue weighted by Gasteiger charge is -2.23.